The van der Waals surface area contributed by atoms with Crippen molar-refractivity contribution in [3.63, 3.8) is 0 Å². The molecule has 0 aliphatic heterocycles. The van der Waals surface area contributed by atoms with Crippen molar-refractivity contribution in [2.24, 2.45) is 0 Å². The van der Waals surface area contributed by atoms with Gasteiger partial charge in [0, 0.05) is 0 Å². The average molecular weight is 403 g/mol. The van der Waals surface area contributed by atoms with Gasteiger partial charge in [-0.3, -0.25) is 20.2 Å². The lowest BCUT2D eigenvalue weighted by molar-refractivity contribution is -0.118. The van der Waals surface area contributed by atoms with Crippen LogP contribution >= 0.6 is 34.9 Å². The van der Waals surface area contributed by atoms with Gasteiger partial charge in [0.1, 0.15) is 5.03 Å². The van der Waals surface area contributed by atoms with Crippen LogP contribution in [0.15, 0.2) is 15.6 Å². The summed E-state index contributed by atoms with van der Waals surface area (Å²) in [4.78, 5) is 34.4. The Labute approximate surface area is 154 Å². The molecule has 0 saturated carbocycles. The van der Waals surface area contributed by atoms with E-state index < -0.39 is 12.0 Å². The van der Waals surface area contributed by atoms with Crippen LogP contribution in [-0.4, -0.2) is 61.6 Å². The van der Waals surface area contributed by atoms with Gasteiger partial charge in [-0.2, -0.15) is 10.3 Å². The number of thioether (sulfide) groups is 2. The summed E-state index contributed by atoms with van der Waals surface area (Å²) in [5, 5.41) is 23.2. The quantitative estimate of drug-likeness (QED) is 0.425. The van der Waals surface area contributed by atoms with Crippen LogP contribution in [0.5, 0.6) is 0 Å². The van der Waals surface area contributed by atoms with Gasteiger partial charge >= 0.3 is 6.09 Å². The lowest BCUT2D eigenvalue weighted by Gasteiger charge is -2.02. The zero-order valence-electron chi connectivity index (χ0n) is 12.8. The van der Waals surface area contributed by atoms with Crippen molar-refractivity contribution in [2.75, 3.05) is 23.4 Å². The van der Waals surface area contributed by atoms with E-state index in [1.807, 2.05) is 0 Å². The number of amides is 3. The van der Waals surface area contributed by atoms with E-state index in [1.165, 1.54) is 18.0 Å². The smallest absolute Gasteiger partial charge is 0.413 e. The summed E-state index contributed by atoms with van der Waals surface area (Å²) in [6, 6.07) is 0. The minimum absolute atomic E-state index is 0.0244. The van der Waals surface area contributed by atoms with Crippen molar-refractivity contribution < 1.29 is 19.1 Å². The second-order valence-corrected chi connectivity index (χ2v) is 7.27. The van der Waals surface area contributed by atoms with Crippen molar-refractivity contribution >= 4 is 57.9 Å². The zero-order chi connectivity index (χ0) is 18.1. The monoisotopic (exact) mass is 403 g/mol. The Morgan fingerprint density at radius 3 is 2.76 bits per heavy atom. The first-order valence-electron chi connectivity index (χ1n) is 6.78. The molecule has 2 heterocycles. The first-order valence-corrected chi connectivity index (χ1v) is 9.57. The molecule has 3 amide bonds. The Kier molecular flexibility index (Phi) is 7.62. The molecule has 0 radical (unpaired) electrons. The number of aromatic nitrogens is 5. The number of nitrogens with zero attached hydrogens (tertiary/aromatic N) is 4. The van der Waals surface area contributed by atoms with E-state index in [9.17, 15) is 14.4 Å². The molecule has 0 atom stereocenters. The molecule has 0 spiro atoms. The number of nitrogens with one attached hydrogen (secondary N) is 3. The Morgan fingerprint density at radius 2 is 2.04 bits per heavy atom. The van der Waals surface area contributed by atoms with E-state index in [-0.39, 0.29) is 24.0 Å². The van der Waals surface area contributed by atoms with Crippen LogP contribution in [0, 0.1) is 0 Å². The maximum Gasteiger partial charge on any atom is 0.413 e. The number of hydrogen-bond donors (Lipinski definition) is 3. The number of rotatable bonds is 8. The van der Waals surface area contributed by atoms with E-state index in [2.05, 4.69) is 41.0 Å². The van der Waals surface area contributed by atoms with Gasteiger partial charge in [-0.1, -0.05) is 34.9 Å². The summed E-state index contributed by atoms with van der Waals surface area (Å²) in [5.74, 6) is -0.645. The number of imide groups is 1. The molecular weight excluding hydrogens is 390 g/mol. The van der Waals surface area contributed by atoms with Crippen molar-refractivity contribution in [1.82, 2.24) is 30.9 Å². The zero-order valence-corrected chi connectivity index (χ0v) is 15.3. The largest absolute Gasteiger partial charge is 0.450 e. The molecule has 3 N–H and O–H groups in total. The third-order valence-electron chi connectivity index (χ3n) is 2.24. The Bertz CT molecular complexity index is 721. The molecule has 0 saturated heterocycles. The van der Waals surface area contributed by atoms with Crippen molar-refractivity contribution in [1.29, 1.82) is 0 Å². The fourth-order valence-electron chi connectivity index (χ4n) is 1.32. The normalized spacial score (nSPS) is 10.3. The summed E-state index contributed by atoms with van der Waals surface area (Å²) >= 11 is 3.44. The standard InChI is InChI=1S/C11H13N7O4S3/c1-2-22-10(21)14-7(20)5-24-11-17-16-9(25-11)13-6(19)4-23-8-3-12-18-15-8/h3H,2,4-5H2,1H3,(H,12,15,18)(H,13,16,19)(H,14,20,21). The third kappa shape index (κ3) is 7.06. The van der Waals surface area contributed by atoms with E-state index in [0.29, 0.717) is 14.5 Å². The topological polar surface area (TPSA) is 152 Å². The molecule has 2 aromatic heterocycles. The number of H-pyrrole nitrogens is 1. The molecule has 11 nitrogen and oxygen atoms in total. The molecule has 134 valence electrons. The van der Waals surface area contributed by atoms with Gasteiger partial charge in [0.15, 0.2) is 4.34 Å². The number of aromatic amines is 1. The third-order valence-corrected chi connectivity index (χ3v) is 5.11. The second-order valence-electron chi connectivity index (χ2n) is 4.08. The van der Waals surface area contributed by atoms with E-state index in [4.69, 9.17) is 0 Å². The Balaban J connectivity index is 1.71. The van der Waals surface area contributed by atoms with Crippen LogP contribution in [-0.2, 0) is 14.3 Å². The van der Waals surface area contributed by atoms with Crippen LogP contribution in [0.3, 0.4) is 0 Å². The van der Waals surface area contributed by atoms with Crippen LogP contribution in [0.25, 0.3) is 0 Å². The van der Waals surface area contributed by atoms with E-state index in [1.54, 1.807) is 6.92 Å². The molecule has 2 aromatic rings. The van der Waals surface area contributed by atoms with Gasteiger partial charge in [-0.05, 0) is 6.92 Å². The van der Waals surface area contributed by atoms with Gasteiger partial charge in [0.25, 0.3) is 0 Å². The van der Waals surface area contributed by atoms with E-state index >= 15 is 0 Å². The highest BCUT2D eigenvalue weighted by Crippen LogP contribution is 2.25. The molecule has 0 bridgehead atoms. The van der Waals surface area contributed by atoms with E-state index in [0.717, 1.165) is 23.1 Å². The summed E-state index contributed by atoms with van der Waals surface area (Å²) in [5.41, 5.74) is 0. The highest BCUT2D eigenvalue weighted by molar-refractivity contribution is 8.01. The highest BCUT2D eigenvalue weighted by Gasteiger charge is 2.13. The fourth-order valence-corrected chi connectivity index (χ4v) is 3.47. The summed E-state index contributed by atoms with van der Waals surface area (Å²) in [7, 11) is 0. The maximum absolute atomic E-state index is 11.8. The molecule has 0 aromatic carbocycles. The van der Waals surface area contributed by atoms with Crippen molar-refractivity contribution in [3.05, 3.63) is 6.20 Å². The maximum atomic E-state index is 11.8. The molecule has 2 rings (SSSR count). The molecule has 0 fully saturated rings. The van der Waals surface area contributed by atoms with Crippen LogP contribution in [0.1, 0.15) is 6.92 Å². The van der Waals surface area contributed by atoms with Crippen LogP contribution < -0.4 is 10.6 Å². The first-order chi connectivity index (χ1) is 12.1. The van der Waals surface area contributed by atoms with Crippen molar-refractivity contribution in [3.8, 4) is 0 Å². The van der Waals surface area contributed by atoms with Gasteiger partial charge in [-0.25, -0.2) is 4.79 Å². The predicted molar refractivity (Wildman–Crippen MR) is 91.5 cm³/mol. The average Bonchev–Trinajstić information content (AvgIpc) is 3.23. The number of hydrogen-bond acceptors (Lipinski definition) is 11. The summed E-state index contributed by atoms with van der Waals surface area (Å²) in [6.07, 6.45) is 0.724. The number of carbonyl (C=O) groups is 3. The number of carbonyl (C=O) groups excluding carboxylic acids is 3. The van der Waals surface area contributed by atoms with Crippen LogP contribution in [0.2, 0.25) is 0 Å². The second kappa shape index (κ2) is 9.95. The van der Waals surface area contributed by atoms with Crippen molar-refractivity contribution in [2.45, 2.75) is 16.3 Å². The molecule has 0 unspecified atom stereocenters. The van der Waals surface area contributed by atoms with Gasteiger partial charge < -0.3 is 4.74 Å². The molecule has 0 aliphatic carbocycles. The number of anilines is 1. The van der Waals surface area contributed by atoms with Gasteiger partial charge in [0.2, 0.25) is 16.9 Å². The lowest BCUT2D eigenvalue weighted by atomic mass is 10.7. The highest BCUT2D eigenvalue weighted by atomic mass is 32.2. The minimum atomic E-state index is -0.789. The minimum Gasteiger partial charge on any atom is -0.450 e. The number of ether oxygens (including phenoxy) is 1. The SMILES string of the molecule is CCOC(=O)NC(=O)CSc1nnc(NC(=O)CSc2cn[nH]n2)s1. The Morgan fingerprint density at radius 1 is 1.24 bits per heavy atom. The molecule has 14 heteroatoms. The molecular formula is C11H13N7O4S3. The fraction of sp³-hybridized carbons (Fsp3) is 0.364. The van der Waals surface area contributed by atoms with Gasteiger partial charge in [0.05, 0.1) is 24.3 Å². The number of alkyl carbamates (subject to hydrolysis) is 1. The van der Waals surface area contributed by atoms with Gasteiger partial charge in [-0.15, -0.1) is 15.3 Å². The molecule has 0 aliphatic rings. The predicted octanol–water partition coefficient (Wildman–Crippen LogP) is 0.752. The van der Waals surface area contributed by atoms with Crippen LogP contribution in [0.4, 0.5) is 9.93 Å². The summed E-state index contributed by atoms with van der Waals surface area (Å²) in [6.45, 7) is 1.82. The first kappa shape index (κ1) is 19.1. The Hall–Kier alpha value is -2.19. The summed E-state index contributed by atoms with van der Waals surface area (Å²) < 4.78 is 5.08. The molecule has 25 heavy (non-hydrogen) atoms. The lowest BCUT2D eigenvalue weighted by Crippen LogP contribution is -2.32.